The van der Waals surface area contributed by atoms with Gasteiger partial charge >= 0.3 is 5.97 Å². The summed E-state index contributed by atoms with van der Waals surface area (Å²) in [5.74, 6) is 2.79. The molecule has 6 heteroatoms. The van der Waals surface area contributed by atoms with E-state index >= 15 is 0 Å². The third-order valence-electron chi connectivity index (χ3n) is 9.13. The maximum Gasteiger partial charge on any atom is 0.306 e. The van der Waals surface area contributed by atoms with Crippen LogP contribution in [0.25, 0.3) is 0 Å². The lowest BCUT2D eigenvalue weighted by Crippen LogP contribution is -2.75. The second-order valence-corrected chi connectivity index (χ2v) is 10.8. The van der Waals surface area contributed by atoms with Gasteiger partial charge in [-0.25, -0.2) is 0 Å². The number of hydrogen-bond acceptors (Lipinski definition) is 6. The van der Waals surface area contributed by atoms with E-state index in [-0.39, 0.29) is 29.4 Å². The van der Waals surface area contributed by atoms with Gasteiger partial charge < -0.3 is 19.3 Å². The van der Waals surface area contributed by atoms with Gasteiger partial charge in [-0.1, -0.05) is 13.0 Å². The molecule has 0 amide bonds. The summed E-state index contributed by atoms with van der Waals surface area (Å²) in [5, 5.41) is 11.5. The van der Waals surface area contributed by atoms with Crippen molar-refractivity contribution in [3.63, 3.8) is 0 Å². The largest absolute Gasteiger partial charge is 0.493 e. The molecule has 0 unspecified atom stereocenters. The van der Waals surface area contributed by atoms with Crippen LogP contribution in [0.1, 0.15) is 57.4 Å². The number of benzene rings is 1. The number of hydrogen-bond donors (Lipinski definition) is 1. The Balaban J connectivity index is 1.32. The number of carbonyl (C=O) groups is 1. The van der Waals surface area contributed by atoms with Crippen molar-refractivity contribution in [2.75, 3.05) is 27.3 Å². The normalized spacial score (nSPS) is 37.7. The average Bonchev–Trinajstić information content (AvgIpc) is 2.82. The number of carbonyl (C=O) groups excluding carboxylic acids is 1. The van der Waals surface area contributed by atoms with Gasteiger partial charge in [0.15, 0.2) is 11.5 Å². The van der Waals surface area contributed by atoms with E-state index in [4.69, 9.17) is 14.2 Å². The summed E-state index contributed by atoms with van der Waals surface area (Å²) in [7, 11) is 3.23. The van der Waals surface area contributed by atoms with Gasteiger partial charge in [-0.3, -0.25) is 9.69 Å². The third kappa shape index (κ3) is 3.83. The zero-order valence-electron chi connectivity index (χ0n) is 20.3. The average molecular weight is 458 g/mol. The molecule has 7 atom stereocenters. The molecule has 2 bridgehead atoms. The van der Waals surface area contributed by atoms with E-state index in [9.17, 15) is 9.90 Å². The molecule has 0 radical (unpaired) electrons. The Labute approximate surface area is 197 Å². The molecular formula is C27H39NO5. The van der Waals surface area contributed by atoms with Crippen LogP contribution in [-0.4, -0.2) is 61.0 Å². The van der Waals surface area contributed by atoms with E-state index in [1.165, 1.54) is 19.3 Å². The van der Waals surface area contributed by atoms with Gasteiger partial charge in [-0.15, -0.1) is 0 Å². The number of esters is 1. The summed E-state index contributed by atoms with van der Waals surface area (Å²) in [6.45, 7) is 4.66. The Hall–Kier alpha value is -1.79. The van der Waals surface area contributed by atoms with Crippen LogP contribution in [0.4, 0.5) is 0 Å². The lowest BCUT2D eigenvalue weighted by atomic mass is 9.47. The van der Waals surface area contributed by atoms with Crippen LogP contribution in [0.15, 0.2) is 18.2 Å². The lowest BCUT2D eigenvalue weighted by Gasteiger charge is -2.68. The van der Waals surface area contributed by atoms with Gasteiger partial charge in [0.2, 0.25) is 0 Å². The first-order chi connectivity index (χ1) is 16.0. The van der Waals surface area contributed by atoms with Crippen molar-refractivity contribution >= 4 is 5.97 Å². The molecule has 2 aliphatic carbocycles. The van der Waals surface area contributed by atoms with E-state index < -0.39 is 6.10 Å². The molecule has 6 nitrogen and oxygen atoms in total. The summed E-state index contributed by atoms with van der Waals surface area (Å²) in [5.41, 5.74) is 1.13. The molecule has 1 aromatic rings. The molecular weight excluding hydrogens is 418 g/mol. The zero-order valence-corrected chi connectivity index (χ0v) is 20.3. The maximum absolute atomic E-state index is 13.0. The van der Waals surface area contributed by atoms with Crippen LogP contribution < -0.4 is 9.47 Å². The zero-order chi connectivity index (χ0) is 23.2. The molecule has 2 aliphatic heterocycles. The standard InChI is InChI=1S/C27H39NO5/c1-17-14-19-20-6-4-12-28-13-5-7-21(27(20,28)16-17)26(25(19)30)33-24(29)11-9-18-8-10-22(31-2)23(15-18)32-3/h8,10,15,17,19-21,25-26,30H,4-7,9,11-14,16H2,1-3H3/t17-,19-,20-,21-,25+,26+,27-/m1/s1. The summed E-state index contributed by atoms with van der Waals surface area (Å²) in [6.07, 6.45) is 6.81. The molecule has 1 aromatic carbocycles. The van der Waals surface area contributed by atoms with Crippen LogP contribution >= 0.6 is 0 Å². The van der Waals surface area contributed by atoms with Crippen LogP contribution in [0.3, 0.4) is 0 Å². The fraction of sp³-hybridized carbons (Fsp3) is 0.741. The molecule has 4 fully saturated rings. The Bertz CT molecular complexity index is 872. The predicted octanol–water partition coefficient (Wildman–Crippen LogP) is 3.83. The van der Waals surface area contributed by atoms with Gasteiger partial charge in [0, 0.05) is 17.9 Å². The smallest absolute Gasteiger partial charge is 0.306 e. The molecule has 2 saturated heterocycles. The van der Waals surface area contributed by atoms with Gasteiger partial charge in [0.1, 0.15) is 6.10 Å². The summed E-state index contributed by atoms with van der Waals surface area (Å²) in [4.78, 5) is 15.7. The lowest BCUT2D eigenvalue weighted by molar-refractivity contribution is -0.243. The minimum Gasteiger partial charge on any atom is -0.493 e. The molecule has 2 saturated carbocycles. The molecule has 182 valence electrons. The van der Waals surface area contributed by atoms with E-state index in [0.717, 1.165) is 37.9 Å². The summed E-state index contributed by atoms with van der Waals surface area (Å²) in [6, 6.07) is 5.74. The minimum atomic E-state index is -0.543. The second kappa shape index (κ2) is 9.10. The van der Waals surface area contributed by atoms with Gasteiger partial charge in [0.25, 0.3) is 0 Å². The van der Waals surface area contributed by atoms with E-state index in [1.54, 1.807) is 14.2 Å². The highest BCUT2D eigenvalue weighted by Crippen LogP contribution is 2.61. The number of nitrogens with zero attached hydrogens (tertiary/aromatic N) is 1. The van der Waals surface area contributed by atoms with Gasteiger partial charge in [-0.2, -0.15) is 0 Å². The number of aryl methyl sites for hydroxylation is 1. The Morgan fingerprint density at radius 3 is 2.58 bits per heavy atom. The predicted molar refractivity (Wildman–Crippen MR) is 125 cm³/mol. The first-order valence-electron chi connectivity index (χ1n) is 12.8. The Morgan fingerprint density at radius 1 is 1.12 bits per heavy atom. The highest BCUT2D eigenvalue weighted by molar-refractivity contribution is 5.70. The number of methoxy groups -OCH3 is 2. The molecule has 2 heterocycles. The number of piperidine rings is 2. The molecule has 5 rings (SSSR count). The molecule has 1 spiro atoms. The number of aliphatic hydroxyl groups excluding tert-OH is 1. The number of aliphatic hydroxyl groups is 1. The van der Waals surface area contributed by atoms with Crippen LogP contribution in [0.2, 0.25) is 0 Å². The van der Waals surface area contributed by atoms with Crippen molar-refractivity contribution in [2.24, 2.45) is 23.7 Å². The van der Waals surface area contributed by atoms with Crippen molar-refractivity contribution in [3.05, 3.63) is 23.8 Å². The topological polar surface area (TPSA) is 68.2 Å². The number of rotatable bonds is 6. The van der Waals surface area contributed by atoms with Crippen molar-refractivity contribution in [1.29, 1.82) is 0 Å². The Kier molecular flexibility index (Phi) is 6.34. The van der Waals surface area contributed by atoms with Crippen LogP contribution in [0, 0.1) is 23.7 Å². The van der Waals surface area contributed by atoms with Gasteiger partial charge in [0.05, 0.1) is 20.3 Å². The first kappa shape index (κ1) is 23.0. The van der Waals surface area contributed by atoms with Crippen LogP contribution in [-0.2, 0) is 16.0 Å². The van der Waals surface area contributed by atoms with E-state index in [0.29, 0.717) is 36.2 Å². The molecule has 1 N–H and O–H groups in total. The third-order valence-corrected chi connectivity index (χ3v) is 9.13. The maximum atomic E-state index is 13.0. The molecule has 0 aromatic heterocycles. The second-order valence-electron chi connectivity index (χ2n) is 10.8. The molecule has 33 heavy (non-hydrogen) atoms. The fourth-order valence-corrected chi connectivity index (χ4v) is 8.02. The summed E-state index contributed by atoms with van der Waals surface area (Å²) < 4.78 is 16.8. The van der Waals surface area contributed by atoms with Crippen molar-refractivity contribution < 1.29 is 24.1 Å². The first-order valence-corrected chi connectivity index (χ1v) is 12.8. The minimum absolute atomic E-state index is 0.117. The van der Waals surface area contributed by atoms with Gasteiger partial charge in [-0.05, 0) is 93.5 Å². The quantitative estimate of drug-likeness (QED) is 0.655. The number of ether oxygens (including phenoxy) is 3. The highest BCUT2D eigenvalue weighted by atomic mass is 16.6. The monoisotopic (exact) mass is 457 g/mol. The van der Waals surface area contributed by atoms with Crippen molar-refractivity contribution in [1.82, 2.24) is 4.90 Å². The fourth-order valence-electron chi connectivity index (χ4n) is 8.02. The van der Waals surface area contributed by atoms with Crippen LogP contribution in [0.5, 0.6) is 11.5 Å². The van der Waals surface area contributed by atoms with Crippen molar-refractivity contribution in [3.8, 4) is 11.5 Å². The SMILES string of the molecule is COc1ccc(CCC(=O)O[C@@H]2[C@@H](O)[C@@H]3C[C@@H](C)C[C@]45[C@@H]3CCCN4CCC[C@H]25)cc1OC. The molecule has 4 aliphatic rings. The Morgan fingerprint density at radius 2 is 1.85 bits per heavy atom. The van der Waals surface area contributed by atoms with E-state index in [2.05, 4.69) is 11.8 Å². The highest BCUT2D eigenvalue weighted by Gasteiger charge is 2.65. The summed E-state index contributed by atoms with van der Waals surface area (Å²) >= 11 is 0. The van der Waals surface area contributed by atoms with Crippen molar-refractivity contribution in [2.45, 2.75) is 76.0 Å². The van der Waals surface area contributed by atoms with E-state index in [1.807, 2.05) is 18.2 Å².